The van der Waals surface area contributed by atoms with Gasteiger partial charge in [-0.1, -0.05) is 47.3 Å². The average molecular weight is 368 g/mol. The van der Waals surface area contributed by atoms with Gasteiger partial charge in [0.25, 0.3) is 5.88 Å². The zero-order valence-electron chi connectivity index (χ0n) is 14.6. The van der Waals surface area contributed by atoms with Crippen molar-refractivity contribution >= 4 is 12.2 Å². The third-order valence-electron chi connectivity index (χ3n) is 3.49. The van der Waals surface area contributed by atoms with E-state index in [0.717, 1.165) is 10.4 Å². The lowest BCUT2D eigenvalue weighted by molar-refractivity contribution is 0.0513. The summed E-state index contributed by atoms with van der Waals surface area (Å²) in [7, 11) is 0. The van der Waals surface area contributed by atoms with E-state index in [-0.39, 0.29) is 30.6 Å². The van der Waals surface area contributed by atoms with Crippen LogP contribution in [0.15, 0.2) is 59.7 Å². The summed E-state index contributed by atoms with van der Waals surface area (Å²) in [6.45, 7) is 2.09. The Hall–Kier alpha value is -3.55. The van der Waals surface area contributed by atoms with E-state index >= 15 is 0 Å². The van der Waals surface area contributed by atoms with Crippen LogP contribution >= 0.6 is 0 Å². The van der Waals surface area contributed by atoms with E-state index < -0.39 is 5.97 Å². The molecule has 2 aromatic carbocycles. The van der Waals surface area contributed by atoms with Crippen LogP contribution < -0.4 is 4.74 Å². The Labute approximate surface area is 155 Å². The Morgan fingerprint density at radius 1 is 1.19 bits per heavy atom. The van der Waals surface area contributed by atoms with Crippen LogP contribution in [-0.2, 0) is 11.3 Å². The quantitative estimate of drug-likeness (QED) is 0.473. The van der Waals surface area contributed by atoms with Gasteiger partial charge in [-0.05, 0) is 35.4 Å². The maximum atomic E-state index is 13.0. The number of esters is 1. The van der Waals surface area contributed by atoms with Crippen molar-refractivity contribution in [3.05, 3.63) is 77.2 Å². The Morgan fingerprint density at radius 3 is 2.63 bits per heavy atom. The first-order valence-electron chi connectivity index (χ1n) is 8.27. The van der Waals surface area contributed by atoms with E-state index in [4.69, 9.17) is 9.47 Å². The molecule has 1 heterocycles. The highest BCUT2D eigenvalue weighted by Gasteiger charge is 2.22. The zero-order valence-corrected chi connectivity index (χ0v) is 14.6. The number of ether oxygens (including phenoxy) is 2. The number of rotatable bonds is 7. The molecular weight excluding hydrogens is 351 g/mol. The summed E-state index contributed by atoms with van der Waals surface area (Å²) >= 11 is 0. The fourth-order valence-electron chi connectivity index (χ4n) is 2.19. The molecule has 0 aliphatic carbocycles. The Balaban J connectivity index is 1.85. The molecule has 0 radical (unpaired) electrons. The highest BCUT2D eigenvalue weighted by molar-refractivity contribution is 5.89. The van der Waals surface area contributed by atoms with E-state index in [2.05, 4.69) is 15.4 Å². The Bertz CT molecular complexity index is 924. The standard InChI is InChI=1S/C19H17FN4O3/c1-2-26-19(25)17-18(27-13-15-6-4-3-5-7-15)24(23-22-17)21-12-14-8-10-16(20)11-9-14/h3-12H,2,13H2,1H3. The van der Waals surface area contributed by atoms with Crippen LogP contribution in [-0.4, -0.2) is 33.9 Å². The van der Waals surface area contributed by atoms with Gasteiger partial charge < -0.3 is 9.47 Å². The predicted molar refractivity (Wildman–Crippen MR) is 96.1 cm³/mol. The maximum absolute atomic E-state index is 13.0. The van der Waals surface area contributed by atoms with Crippen molar-refractivity contribution < 1.29 is 18.7 Å². The van der Waals surface area contributed by atoms with Crippen LogP contribution in [0.25, 0.3) is 0 Å². The minimum Gasteiger partial charge on any atom is -0.470 e. The van der Waals surface area contributed by atoms with E-state index in [1.807, 2.05) is 30.3 Å². The van der Waals surface area contributed by atoms with Crippen molar-refractivity contribution in [2.45, 2.75) is 13.5 Å². The highest BCUT2D eigenvalue weighted by atomic mass is 19.1. The lowest BCUT2D eigenvalue weighted by Gasteiger charge is -2.07. The van der Waals surface area contributed by atoms with E-state index in [1.54, 1.807) is 19.1 Å². The summed E-state index contributed by atoms with van der Waals surface area (Å²) in [5.41, 5.74) is 1.49. The van der Waals surface area contributed by atoms with Gasteiger partial charge in [-0.2, -0.15) is 5.10 Å². The van der Waals surface area contributed by atoms with Crippen molar-refractivity contribution in [3.8, 4) is 5.88 Å². The minimum absolute atomic E-state index is 0.0654. The molecule has 27 heavy (non-hydrogen) atoms. The molecule has 138 valence electrons. The minimum atomic E-state index is -0.649. The molecule has 7 nitrogen and oxygen atoms in total. The van der Waals surface area contributed by atoms with Crippen LogP contribution in [0.2, 0.25) is 0 Å². The normalized spacial score (nSPS) is 10.9. The average Bonchev–Trinajstić information content (AvgIpc) is 3.10. The molecule has 3 aromatic rings. The monoisotopic (exact) mass is 368 g/mol. The molecule has 0 amide bonds. The lowest BCUT2D eigenvalue weighted by atomic mass is 10.2. The molecule has 0 saturated heterocycles. The van der Waals surface area contributed by atoms with Crippen LogP contribution in [0.5, 0.6) is 5.88 Å². The van der Waals surface area contributed by atoms with Gasteiger partial charge in [-0.25, -0.2) is 9.18 Å². The van der Waals surface area contributed by atoms with Gasteiger partial charge in [0, 0.05) is 0 Å². The zero-order chi connectivity index (χ0) is 19.1. The number of nitrogens with zero attached hydrogens (tertiary/aromatic N) is 4. The molecule has 0 N–H and O–H groups in total. The third-order valence-corrected chi connectivity index (χ3v) is 3.49. The van der Waals surface area contributed by atoms with Gasteiger partial charge in [0.15, 0.2) is 0 Å². The molecule has 0 fully saturated rings. The molecular formula is C19H17FN4O3. The summed E-state index contributed by atoms with van der Waals surface area (Å²) in [6, 6.07) is 15.2. The van der Waals surface area contributed by atoms with Crippen LogP contribution in [0.4, 0.5) is 4.39 Å². The summed E-state index contributed by atoms with van der Waals surface area (Å²) in [5, 5.41) is 11.8. The van der Waals surface area contributed by atoms with E-state index in [9.17, 15) is 9.18 Å². The van der Waals surface area contributed by atoms with Crippen molar-refractivity contribution in [3.63, 3.8) is 0 Å². The molecule has 0 atom stereocenters. The fraction of sp³-hybridized carbons (Fsp3) is 0.158. The molecule has 0 saturated carbocycles. The SMILES string of the molecule is CCOC(=O)c1nnn(N=Cc2ccc(F)cc2)c1OCc1ccccc1. The number of benzene rings is 2. The smallest absolute Gasteiger partial charge is 0.364 e. The molecule has 0 aliphatic heterocycles. The summed E-state index contributed by atoms with van der Waals surface area (Å²) in [4.78, 5) is 13.2. The summed E-state index contributed by atoms with van der Waals surface area (Å²) < 4.78 is 23.7. The van der Waals surface area contributed by atoms with Gasteiger partial charge in [-0.3, -0.25) is 0 Å². The molecule has 8 heteroatoms. The first kappa shape index (κ1) is 18.2. The van der Waals surface area contributed by atoms with Gasteiger partial charge in [-0.15, -0.1) is 5.10 Å². The first-order chi connectivity index (χ1) is 13.2. The second-order valence-corrected chi connectivity index (χ2v) is 5.42. The second kappa shape index (κ2) is 8.70. The molecule has 1 aromatic heterocycles. The topological polar surface area (TPSA) is 78.6 Å². The van der Waals surface area contributed by atoms with E-state index in [1.165, 1.54) is 18.3 Å². The molecule has 0 aliphatic rings. The van der Waals surface area contributed by atoms with Gasteiger partial charge in [0.05, 0.1) is 12.8 Å². The third kappa shape index (κ3) is 4.75. The molecule has 3 rings (SSSR count). The van der Waals surface area contributed by atoms with Crippen molar-refractivity contribution in [2.24, 2.45) is 5.10 Å². The summed E-state index contributed by atoms with van der Waals surface area (Å²) in [5.74, 6) is -0.927. The van der Waals surface area contributed by atoms with Crippen LogP contribution in [0.1, 0.15) is 28.5 Å². The predicted octanol–water partition coefficient (Wildman–Crippen LogP) is 3.06. The van der Waals surface area contributed by atoms with Crippen LogP contribution in [0.3, 0.4) is 0 Å². The molecule has 0 spiro atoms. The summed E-state index contributed by atoms with van der Waals surface area (Å²) in [6.07, 6.45) is 1.46. The molecule has 0 bridgehead atoms. The number of aromatic nitrogens is 3. The lowest BCUT2D eigenvalue weighted by Crippen LogP contribution is -2.09. The van der Waals surface area contributed by atoms with Gasteiger partial charge in [0.2, 0.25) is 5.69 Å². The maximum Gasteiger partial charge on any atom is 0.364 e. The van der Waals surface area contributed by atoms with Crippen molar-refractivity contribution in [1.29, 1.82) is 0 Å². The number of hydrogen-bond acceptors (Lipinski definition) is 6. The Kier molecular flexibility index (Phi) is 5.88. The fourth-order valence-corrected chi connectivity index (χ4v) is 2.19. The number of halogens is 1. The largest absolute Gasteiger partial charge is 0.470 e. The first-order valence-corrected chi connectivity index (χ1v) is 8.27. The van der Waals surface area contributed by atoms with Crippen LogP contribution in [0, 0.1) is 5.82 Å². The number of carbonyl (C=O) groups is 1. The highest BCUT2D eigenvalue weighted by Crippen LogP contribution is 2.18. The number of carbonyl (C=O) groups excluding carboxylic acids is 1. The number of hydrogen-bond donors (Lipinski definition) is 0. The second-order valence-electron chi connectivity index (χ2n) is 5.42. The van der Waals surface area contributed by atoms with E-state index in [0.29, 0.717) is 5.56 Å². The molecule has 0 unspecified atom stereocenters. The van der Waals surface area contributed by atoms with Crippen molar-refractivity contribution in [1.82, 2.24) is 15.1 Å². The van der Waals surface area contributed by atoms with Gasteiger partial charge in [0.1, 0.15) is 12.4 Å². The Morgan fingerprint density at radius 2 is 1.93 bits per heavy atom. The van der Waals surface area contributed by atoms with Gasteiger partial charge >= 0.3 is 5.97 Å². The van der Waals surface area contributed by atoms with Crippen molar-refractivity contribution in [2.75, 3.05) is 6.61 Å².